The zero-order chi connectivity index (χ0) is 19.7. The van der Waals surface area contributed by atoms with Gasteiger partial charge in [-0.2, -0.15) is 0 Å². The third-order valence-corrected chi connectivity index (χ3v) is 5.91. The molecule has 0 radical (unpaired) electrons. The number of amides is 2. The first-order valence-electron chi connectivity index (χ1n) is 7.62. The molecule has 2 amide bonds. The van der Waals surface area contributed by atoms with E-state index in [-0.39, 0.29) is 21.9 Å². The Morgan fingerprint density at radius 3 is 2.68 bits per heavy atom. The standard InChI is InChI=1S/C15H14N4O6S2.H2O/c16-15-17-5-8(27-15)6(1-2-9(20)21)11(22)18-10-12(23)19-7(14(24)25)3-4-26-13(10)19;/h1,3,5,10,13H,2,4H2,(H2,16,17)(H,18,22)(H,20,21)(H,24,25);1H2/b6-1-;/t10-,13-;/m1./s1. The number of nitrogens with zero attached hydrogens (tertiary/aromatic N) is 2. The fourth-order valence-corrected chi connectivity index (χ4v) is 4.58. The van der Waals surface area contributed by atoms with Gasteiger partial charge in [0.25, 0.3) is 11.8 Å². The van der Waals surface area contributed by atoms with Gasteiger partial charge in [0.05, 0.1) is 16.9 Å². The number of carboxylic acids is 2. The number of thiazole rings is 1. The fraction of sp³-hybridized carbons (Fsp3) is 0.267. The number of rotatable bonds is 6. The lowest BCUT2D eigenvalue weighted by Gasteiger charge is -2.48. The molecule has 28 heavy (non-hydrogen) atoms. The number of aromatic nitrogens is 1. The zero-order valence-electron chi connectivity index (χ0n) is 14.1. The molecule has 2 aliphatic rings. The van der Waals surface area contributed by atoms with Crippen molar-refractivity contribution in [2.24, 2.45) is 0 Å². The number of hydrogen-bond donors (Lipinski definition) is 4. The van der Waals surface area contributed by atoms with Crippen LogP contribution in [0.2, 0.25) is 0 Å². The van der Waals surface area contributed by atoms with Crippen molar-refractivity contribution >= 4 is 57.6 Å². The van der Waals surface area contributed by atoms with Crippen molar-refractivity contribution < 1.29 is 34.9 Å². The Morgan fingerprint density at radius 2 is 2.11 bits per heavy atom. The molecular formula is C15H16N4O7S2. The highest BCUT2D eigenvalue weighted by atomic mass is 32.2. The Kier molecular flexibility index (Phi) is 6.43. The van der Waals surface area contributed by atoms with Crippen molar-refractivity contribution in [1.29, 1.82) is 0 Å². The quantitative estimate of drug-likeness (QED) is 0.329. The SMILES string of the molecule is Nc1ncc(/C(=C/CC(=O)O)C(=O)N[C@@H]2C(=O)N3C(C(=O)O)=CCS[C@H]23)s1.O. The lowest BCUT2D eigenvalue weighted by molar-refractivity contribution is -0.150. The number of thioether (sulfide) groups is 1. The molecule has 1 aromatic rings. The summed E-state index contributed by atoms with van der Waals surface area (Å²) in [6, 6.07) is -0.899. The number of carbonyl (C=O) groups excluding carboxylic acids is 2. The van der Waals surface area contributed by atoms with Crippen molar-refractivity contribution in [1.82, 2.24) is 15.2 Å². The minimum absolute atomic E-state index is 0. The molecule has 2 atom stereocenters. The maximum atomic E-state index is 12.7. The Bertz CT molecular complexity index is 895. The topological polar surface area (TPSA) is 194 Å². The van der Waals surface area contributed by atoms with Gasteiger partial charge in [0.15, 0.2) is 5.13 Å². The Labute approximate surface area is 166 Å². The monoisotopic (exact) mass is 428 g/mol. The van der Waals surface area contributed by atoms with Crippen LogP contribution in [0.4, 0.5) is 5.13 Å². The van der Waals surface area contributed by atoms with Crippen LogP contribution in [0, 0.1) is 0 Å². The molecule has 0 bridgehead atoms. The van der Waals surface area contributed by atoms with Gasteiger partial charge in [-0.25, -0.2) is 9.78 Å². The van der Waals surface area contributed by atoms with Crippen molar-refractivity contribution in [2.75, 3.05) is 11.5 Å². The van der Waals surface area contributed by atoms with Gasteiger partial charge in [-0.1, -0.05) is 17.4 Å². The van der Waals surface area contributed by atoms with Gasteiger partial charge in [0, 0.05) is 11.9 Å². The van der Waals surface area contributed by atoms with Crippen molar-refractivity contribution in [3.05, 3.63) is 28.9 Å². The summed E-state index contributed by atoms with van der Waals surface area (Å²) in [6.45, 7) is 0. The molecule has 13 heteroatoms. The molecule has 7 N–H and O–H groups in total. The number of anilines is 1. The van der Waals surface area contributed by atoms with Gasteiger partial charge in [-0.3, -0.25) is 19.3 Å². The number of nitrogen functional groups attached to an aromatic ring is 1. The van der Waals surface area contributed by atoms with Crippen LogP contribution in [0.5, 0.6) is 0 Å². The highest BCUT2D eigenvalue weighted by molar-refractivity contribution is 8.00. The molecule has 0 saturated carbocycles. The average molecular weight is 428 g/mol. The molecule has 1 saturated heterocycles. The normalized spacial score (nSPS) is 21.0. The van der Waals surface area contributed by atoms with Crippen LogP contribution >= 0.6 is 23.1 Å². The van der Waals surface area contributed by atoms with E-state index in [1.54, 1.807) is 0 Å². The fourth-order valence-electron chi connectivity index (χ4n) is 2.66. The first kappa shape index (κ1) is 21.4. The van der Waals surface area contributed by atoms with E-state index >= 15 is 0 Å². The largest absolute Gasteiger partial charge is 0.481 e. The van der Waals surface area contributed by atoms with E-state index in [1.165, 1.54) is 30.1 Å². The summed E-state index contributed by atoms with van der Waals surface area (Å²) in [6.07, 6.45) is 3.62. The van der Waals surface area contributed by atoms with Crippen LogP contribution in [0.25, 0.3) is 5.57 Å². The molecule has 1 aromatic heterocycles. The molecule has 0 spiro atoms. The second kappa shape index (κ2) is 8.41. The summed E-state index contributed by atoms with van der Waals surface area (Å²) in [7, 11) is 0. The molecular weight excluding hydrogens is 412 g/mol. The third-order valence-electron chi connectivity index (χ3n) is 3.87. The molecule has 3 heterocycles. The van der Waals surface area contributed by atoms with Crippen LogP contribution < -0.4 is 11.1 Å². The Morgan fingerprint density at radius 1 is 1.39 bits per heavy atom. The predicted octanol–water partition coefficient (Wildman–Crippen LogP) is -0.873. The van der Waals surface area contributed by atoms with Gasteiger partial charge in [0.1, 0.15) is 17.1 Å². The third kappa shape index (κ3) is 4.00. The molecule has 0 aliphatic carbocycles. The molecule has 150 valence electrons. The van der Waals surface area contributed by atoms with Gasteiger partial charge >= 0.3 is 11.9 Å². The van der Waals surface area contributed by atoms with Crippen LogP contribution in [0.3, 0.4) is 0 Å². The molecule has 11 nitrogen and oxygen atoms in total. The molecule has 0 unspecified atom stereocenters. The first-order valence-corrected chi connectivity index (χ1v) is 9.48. The second-order valence-electron chi connectivity index (χ2n) is 5.56. The van der Waals surface area contributed by atoms with Crippen LogP contribution in [0.1, 0.15) is 11.3 Å². The maximum Gasteiger partial charge on any atom is 0.352 e. The summed E-state index contributed by atoms with van der Waals surface area (Å²) in [5.74, 6) is -3.11. The van der Waals surface area contributed by atoms with Crippen molar-refractivity contribution in [2.45, 2.75) is 17.8 Å². The summed E-state index contributed by atoms with van der Waals surface area (Å²) >= 11 is 2.34. The van der Waals surface area contributed by atoms with E-state index in [1.807, 2.05) is 0 Å². The molecule has 2 aliphatic heterocycles. The number of carboxylic acid groups (broad SMARTS) is 2. The predicted molar refractivity (Wildman–Crippen MR) is 101 cm³/mol. The summed E-state index contributed by atoms with van der Waals surface area (Å²) < 4.78 is 0. The van der Waals surface area contributed by atoms with E-state index in [4.69, 9.17) is 15.9 Å². The second-order valence-corrected chi connectivity index (χ2v) is 7.77. The van der Waals surface area contributed by atoms with Gasteiger partial charge < -0.3 is 26.7 Å². The average Bonchev–Trinajstić information content (AvgIpc) is 3.04. The minimum atomic E-state index is -1.21. The van der Waals surface area contributed by atoms with Gasteiger partial charge in [0.2, 0.25) is 0 Å². The number of β-lactam (4-membered cyclic amide) rings is 1. The molecule has 1 fully saturated rings. The summed E-state index contributed by atoms with van der Waals surface area (Å²) in [5.41, 5.74) is 5.51. The van der Waals surface area contributed by atoms with E-state index in [0.29, 0.717) is 10.6 Å². The van der Waals surface area contributed by atoms with Gasteiger partial charge in [-0.05, 0) is 6.08 Å². The van der Waals surface area contributed by atoms with Crippen molar-refractivity contribution in [3.63, 3.8) is 0 Å². The van der Waals surface area contributed by atoms with Gasteiger partial charge in [-0.15, -0.1) is 11.8 Å². The lowest BCUT2D eigenvalue weighted by atomic mass is 10.0. The Hall–Kier alpha value is -2.90. The highest BCUT2D eigenvalue weighted by Crippen LogP contribution is 2.37. The van der Waals surface area contributed by atoms with E-state index in [9.17, 15) is 19.2 Å². The number of hydrogen-bond acceptors (Lipinski definition) is 8. The highest BCUT2D eigenvalue weighted by Gasteiger charge is 2.52. The van der Waals surface area contributed by atoms with Crippen LogP contribution in [0.15, 0.2) is 24.0 Å². The van der Waals surface area contributed by atoms with Crippen LogP contribution in [-0.4, -0.2) is 66.5 Å². The van der Waals surface area contributed by atoms with E-state index in [2.05, 4.69) is 10.3 Å². The number of aliphatic carboxylic acids is 2. The number of fused-ring (bicyclic) bond motifs is 1. The smallest absolute Gasteiger partial charge is 0.352 e. The summed E-state index contributed by atoms with van der Waals surface area (Å²) in [4.78, 5) is 52.4. The van der Waals surface area contributed by atoms with Crippen LogP contribution in [-0.2, 0) is 19.2 Å². The van der Waals surface area contributed by atoms with E-state index < -0.39 is 41.6 Å². The Balaban J connectivity index is 0.00000280. The number of carbonyl (C=O) groups is 4. The minimum Gasteiger partial charge on any atom is -0.481 e. The number of nitrogens with one attached hydrogen (secondary N) is 1. The number of nitrogens with two attached hydrogens (primary N) is 1. The lowest BCUT2D eigenvalue weighted by Crippen LogP contribution is -2.70. The molecule has 0 aromatic carbocycles. The maximum absolute atomic E-state index is 12.7. The summed E-state index contributed by atoms with van der Waals surface area (Å²) in [5, 5.41) is 20.3. The zero-order valence-corrected chi connectivity index (χ0v) is 15.7. The first-order chi connectivity index (χ1) is 12.8. The van der Waals surface area contributed by atoms with E-state index in [0.717, 1.165) is 16.2 Å². The van der Waals surface area contributed by atoms with Crippen molar-refractivity contribution in [3.8, 4) is 0 Å². The molecule has 3 rings (SSSR count).